The molecule has 0 aliphatic heterocycles. The number of rotatable bonds is 4. The summed E-state index contributed by atoms with van der Waals surface area (Å²) >= 11 is 0. The van der Waals surface area contributed by atoms with Crippen LogP contribution in [0, 0.1) is 6.92 Å². The summed E-state index contributed by atoms with van der Waals surface area (Å²) in [5.41, 5.74) is 2.17. The fourth-order valence-corrected chi connectivity index (χ4v) is 3.54. The molecule has 2 heterocycles. The molecule has 0 saturated heterocycles. The maximum atomic E-state index is 12.5. The van der Waals surface area contributed by atoms with Gasteiger partial charge < -0.3 is 5.32 Å². The Hall–Kier alpha value is -2.94. The average Bonchev–Trinajstić information content (AvgIpc) is 2.88. The van der Waals surface area contributed by atoms with E-state index in [0.717, 1.165) is 11.1 Å². The number of carbonyl (C=O) groups excluding carboxylic acids is 1. The zero-order valence-electron chi connectivity index (χ0n) is 13.9. The van der Waals surface area contributed by atoms with E-state index >= 15 is 0 Å². The number of sulfonamides is 1. The SMILES string of the molecule is CNC(=O)c1ccc(S(=O)(=O)Nc2cnc3c(c2)c(C)nn3C)cc1. The van der Waals surface area contributed by atoms with Crippen LogP contribution in [0.3, 0.4) is 0 Å². The number of carbonyl (C=O) groups is 1. The first kappa shape index (κ1) is 16.9. The lowest BCUT2D eigenvalue weighted by atomic mass is 10.2. The number of hydrogen-bond acceptors (Lipinski definition) is 5. The van der Waals surface area contributed by atoms with Crippen molar-refractivity contribution in [2.45, 2.75) is 11.8 Å². The molecule has 3 aromatic rings. The van der Waals surface area contributed by atoms with Gasteiger partial charge in [-0.2, -0.15) is 5.10 Å². The van der Waals surface area contributed by atoms with Crippen molar-refractivity contribution >= 4 is 32.7 Å². The van der Waals surface area contributed by atoms with Crippen LogP contribution in [0.4, 0.5) is 5.69 Å². The van der Waals surface area contributed by atoms with E-state index in [1.807, 2.05) is 6.92 Å². The lowest BCUT2D eigenvalue weighted by Crippen LogP contribution is -2.18. The number of pyridine rings is 1. The molecule has 0 spiro atoms. The molecule has 0 saturated carbocycles. The maximum absolute atomic E-state index is 12.5. The maximum Gasteiger partial charge on any atom is 0.261 e. The van der Waals surface area contributed by atoms with Gasteiger partial charge in [0.15, 0.2) is 5.65 Å². The van der Waals surface area contributed by atoms with Crippen LogP contribution in [0.15, 0.2) is 41.4 Å². The number of aryl methyl sites for hydroxylation is 2. The fourth-order valence-electron chi connectivity index (χ4n) is 2.51. The highest BCUT2D eigenvalue weighted by molar-refractivity contribution is 7.92. The summed E-state index contributed by atoms with van der Waals surface area (Å²) < 4.78 is 29.2. The fraction of sp³-hybridized carbons (Fsp3) is 0.188. The zero-order valence-corrected chi connectivity index (χ0v) is 14.8. The van der Waals surface area contributed by atoms with Crippen molar-refractivity contribution < 1.29 is 13.2 Å². The van der Waals surface area contributed by atoms with Gasteiger partial charge in [0.1, 0.15) is 0 Å². The average molecular weight is 359 g/mol. The van der Waals surface area contributed by atoms with Crippen LogP contribution in [0.2, 0.25) is 0 Å². The molecule has 130 valence electrons. The molecule has 1 aromatic carbocycles. The van der Waals surface area contributed by atoms with Gasteiger partial charge in [0, 0.05) is 25.0 Å². The normalized spacial score (nSPS) is 11.5. The lowest BCUT2D eigenvalue weighted by Gasteiger charge is -2.09. The molecule has 0 bridgehead atoms. The van der Waals surface area contributed by atoms with E-state index in [4.69, 9.17) is 0 Å². The van der Waals surface area contributed by atoms with E-state index in [-0.39, 0.29) is 10.8 Å². The highest BCUT2D eigenvalue weighted by Gasteiger charge is 2.16. The molecular formula is C16H17N5O3S. The molecule has 0 aliphatic carbocycles. The van der Waals surface area contributed by atoms with E-state index in [0.29, 0.717) is 16.9 Å². The first-order chi connectivity index (χ1) is 11.8. The number of fused-ring (bicyclic) bond motifs is 1. The van der Waals surface area contributed by atoms with E-state index in [1.54, 1.807) is 17.8 Å². The number of nitrogens with one attached hydrogen (secondary N) is 2. The van der Waals surface area contributed by atoms with Crippen molar-refractivity contribution in [3.63, 3.8) is 0 Å². The first-order valence-electron chi connectivity index (χ1n) is 7.46. The highest BCUT2D eigenvalue weighted by atomic mass is 32.2. The molecular weight excluding hydrogens is 342 g/mol. The lowest BCUT2D eigenvalue weighted by molar-refractivity contribution is 0.0963. The molecule has 0 radical (unpaired) electrons. The molecule has 25 heavy (non-hydrogen) atoms. The first-order valence-corrected chi connectivity index (χ1v) is 8.94. The van der Waals surface area contributed by atoms with Crippen LogP contribution in [-0.4, -0.2) is 36.1 Å². The van der Waals surface area contributed by atoms with Crippen molar-refractivity contribution in [1.29, 1.82) is 0 Å². The van der Waals surface area contributed by atoms with E-state index in [1.165, 1.54) is 37.5 Å². The number of nitrogens with zero attached hydrogens (tertiary/aromatic N) is 3. The summed E-state index contributed by atoms with van der Waals surface area (Å²) in [5, 5.41) is 7.52. The van der Waals surface area contributed by atoms with Crippen molar-refractivity contribution in [2.24, 2.45) is 7.05 Å². The van der Waals surface area contributed by atoms with E-state index in [9.17, 15) is 13.2 Å². The second kappa shape index (κ2) is 6.17. The number of anilines is 1. The Bertz CT molecular complexity index is 1060. The largest absolute Gasteiger partial charge is 0.355 e. The summed E-state index contributed by atoms with van der Waals surface area (Å²) in [5.74, 6) is -0.279. The molecule has 0 fully saturated rings. The van der Waals surface area contributed by atoms with Crippen LogP contribution in [0.1, 0.15) is 16.1 Å². The summed E-state index contributed by atoms with van der Waals surface area (Å²) in [4.78, 5) is 15.8. The topological polar surface area (TPSA) is 106 Å². The molecule has 0 unspecified atom stereocenters. The Kier molecular flexibility index (Phi) is 4.17. The van der Waals surface area contributed by atoms with Gasteiger partial charge in [-0.1, -0.05) is 0 Å². The predicted molar refractivity (Wildman–Crippen MR) is 93.9 cm³/mol. The summed E-state index contributed by atoms with van der Waals surface area (Å²) in [6, 6.07) is 7.38. The highest BCUT2D eigenvalue weighted by Crippen LogP contribution is 2.22. The van der Waals surface area contributed by atoms with Crippen molar-refractivity contribution in [2.75, 3.05) is 11.8 Å². The van der Waals surface area contributed by atoms with Gasteiger partial charge in [-0.05, 0) is 37.3 Å². The van der Waals surface area contributed by atoms with Gasteiger partial charge in [-0.25, -0.2) is 13.4 Å². The van der Waals surface area contributed by atoms with E-state index < -0.39 is 10.0 Å². The van der Waals surface area contributed by atoms with Crippen molar-refractivity contribution in [3.05, 3.63) is 47.8 Å². The number of amides is 1. The van der Waals surface area contributed by atoms with Crippen molar-refractivity contribution in [3.8, 4) is 0 Å². The van der Waals surface area contributed by atoms with Gasteiger partial charge >= 0.3 is 0 Å². The van der Waals surface area contributed by atoms with Gasteiger partial charge in [-0.15, -0.1) is 0 Å². The van der Waals surface area contributed by atoms with Crippen LogP contribution in [-0.2, 0) is 17.1 Å². The minimum atomic E-state index is -3.79. The summed E-state index contributed by atoms with van der Waals surface area (Å²) in [6.45, 7) is 1.83. The van der Waals surface area contributed by atoms with Crippen LogP contribution < -0.4 is 10.0 Å². The van der Waals surface area contributed by atoms with Gasteiger partial charge in [0.05, 0.1) is 22.5 Å². The smallest absolute Gasteiger partial charge is 0.261 e. The van der Waals surface area contributed by atoms with Gasteiger partial charge in [0.25, 0.3) is 15.9 Å². The van der Waals surface area contributed by atoms with Crippen LogP contribution in [0.5, 0.6) is 0 Å². The Morgan fingerprint density at radius 3 is 2.52 bits per heavy atom. The Labute approximate surface area is 144 Å². The van der Waals surface area contributed by atoms with Crippen molar-refractivity contribution in [1.82, 2.24) is 20.1 Å². The van der Waals surface area contributed by atoms with E-state index in [2.05, 4.69) is 20.1 Å². The Balaban J connectivity index is 1.91. The second-order valence-electron chi connectivity index (χ2n) is 5.51. The monoisotopic (exact) mass is 359 g/mol. The predicted octanol–water partition coefficient (Wildman–Crippen LogP) is 1.44. The summed E-state index contributed by atoms with van der Waals surface area (Å²) in [6.07, 6.45) is 1.44. The molecule has 0 aliphatic rings. The van der Waals surface area contributed by atoms with Gasteiger partial charge in [0.2, 0.25) is 0 Å². The molecule has 1 amide bonds. The molecule has 2 N–H and O–H groups in total. The third-order valence-electron chi connectivity index (χ3n) is 3.77. The molecule has 3 rings (SSSR count). The number of benzene rings is 1. The zero-order chi connectivity index (χ0) is 18.2. The Morgan fingerprint density at radius 2 is 1.88 bits per heavy atom. The third-order valence-corrected chi connectivity index (χ3v) is 5.17. The minimum Gasteiger partial charge on any atom is -0.355 e. The third kappa shape index (κ3) is 3.18. The van der Waals surface area contributed by atoms with Crippen LogP contribution >= 0.6 is 0 Å². The molecule has 0 atom stereocenters. The standard InChI is InChI=1S/C16H17N5O3S/c1-10-14-8-12(9-18-15(14)21(3)19-10)20-25(23,24)13-6-4-11(5-7-13)16(22)17-2/h4-9,20H,1-3H3,(H,17,22). The number of hydrogen-bond donors (Lipinski definition) is 2. The van der Waals surface area contributed by atoms with Gasteiger partial charge in [-0.3, -0.25) is 14.2 Å². The quantitative estimate of drug-likeness (QED) is 0.733. The second-order valence-corrected chi connectivity index (χ2v) is 7.20. The van der Waals surface area contributed by atoms with Crippen LogP contribution in [0.25, 0.3) is 11.0 Å². The Morgan fingerprint density at radius 1 is 1.20 bits per heavy atom. The summed E-state index contributed by atoms with van der Waals surface area (Å²) in [7, 11) is -0.496. The number of aromatic nitrogens is 3. The minimum absolute atomic E-state index is 0.0585. The molecule has 8 nitrogen and oxygen atoms in total. The molecule has 9 heteroatoms. The molecule has 2 aromatic heterocycles.